The Morgan fingerprint density at radius 1 is 1.17 bits per heavy atom. The normalized spacial score (nSPS) is 21.0. The number of morpholine rings is 1. The van der Waals surface area contributed by atoms with Crippen LogP contribution in [0.2, 0.25) is 0 Å². The molecule has 0 unspecified atom stereocenters. The predicted octanol–water partition coefficient (Wildman–Crippen LogP) is 3.36. The van der Waals surface area contributed by atoms with Crippen LogP contribution in [0, 0.1) is 0 Å². The van der Waals surface area contributed by atoms with Crippen LogP contribution in [-0.4, -0.2) is 48.5 Å². The van der Waals surface area contributed by atoms with Crippen LogP contribution in [0.15, 0.2) is 40.2 Å². The second-order valence-electron chi connectivity index (χ2n) is 6.08. The maximum Gasteiger partial charge on any atom is 0.191 e. The van der Waals surface area contributed by atoms with E-state index in [0.717, 1.165) is 32.8 Å². The zero-order chi connectivity index (χ0) is 15.3. The number of hydrogen-bond donors (Lipinski definition) is 1. The minimum Gasteiger partial charge on any atom is -0.378 e. The molecule has 0 spiro atoms. The molecule has 0 bridgehead atoms. The molecule has 0 radical (unpaired) electrons. The van der Waals surface area contributed by atoms with E-state index in [9.17, 15) is 0 Å². The van der Waals surface area contributed by atoms with Gasteiger partial charge in [0.05, 0.1) is 19.8 Å². The number of guanidine groups is 1. The molecular weight excluding hydrogens is 421 g/mol. The lowest BCUT2D eigenvalue weighted by Crippen LogP contribution is -2.45. The largest absolute Gasteiger partial charge is 0.378 e. The zero-order valence-electron chi connectivity index (χ0n) is 13.4. The van der Waals surface area contributed by atoms with E-state index in [1.54, 1.807) is 0 Å². The fraction of sp³-hybridized carbons (Fsp3) is 0.588. The monoisotopic (exact) mass is 447 g/mol. The van der Waals surface area contributed by atoms with E-state index in [4.69, 9.17) is 15.5 Å². The van der Waals surface area contributed by atoms with Crippen molar-refractivity contribution >= 4 is 41.7 Å². The van der Waals surface area contributed by atoms with Crippen molar-refractivity contribution in [3.8, 4) is 0 Å². The number of halogens is 1. The van der Waals surface area contributed by atoms with Gasteiger partial charge in [-0.05, 0) is 25.0 Å². The summed E-state index contributed by atoms with van der Waals surface area (Å²) in [5.74, 6) is 0.684. The van der Waals surface area contributed by atoms with Crippen LogP contribution < -0.4 is 5.73 Å². The van der Waals surface area contributed by atoms with Gasteiger partial charge in [0, 0.05) is 22.7 Å². The van der Waals surface area contributed by atoms with E-state index in [0.29, 0.717) is 5.96 Å². The molecule has 23 heavy (non-hydrogen) atoms. The molecule has 1 saturated heterocycles. The highest BCUT2D eigenvalue weighted by molar-refractivity contribution is 14.0. The number of aliphatic imine (C=N–C) groups is 1. The number of benzene rings is 1. The minimum atomic E-state index is 0. The third kappa shape index (κ3) is 5.26. The smallest absolute Gasteiger partial charge is 0.191 e. The lowest BCUT2D eigenvalue weighted by atomic mass is 10.1. The van der Waals surface area contributed by atoms with Crippen LogP contribution in [0.3, 0.4) is 0 Å². The van der Waals surface area contributed by atoms with Gasteiger partial charge in [-0.2, -0.15) is 0 Å². The van der Waals surface area contributed by atoms with Crippen molar-refractivity contribution in [2.45, 2.75) is 35.3 Å². The third-order valence-corrected chi connectivity index (χ3v) is 5.93. The maximum atomic E-state index is 6.19. The summed E-state index contributed by atoms with van der Waals surface area (Å²) in [7, 11) is 0. The molecule has 2 fully saturated rings. The second kappa shape index (κ2) is 9.13. The minimum absolute atomic E-state index is 0. The lowest BCUT2D eigenvalue weighted by Gasteiger charge is -2.30. The number of rotatable bonds is 4. The standard InChI is InChI=1S/C17H25N3OS.HI/c18-16(20-10-12-21-13-11-20)19-14-17(8-4-5-9-17)22-15-6-2-1-3-7-15;/h1-3,6-7H,4-5,8-14H2,(H2,18,19);1H. The Kier molecular flexibility index (Phi) is 7.49. The fourth-order valence-corrected chi connectivity index (χ4v) is 4.58. The Morgan fingerprint density at radius 2 is 1.83 bits per heavy atom. The van der Waals surface area contributed by atoms with Crippen LogP contribution in [0.25, 0.3) is 0 Å². The third-order valence-electron chi connectivity index (χ3n) is 4.46. The van der Waals surface area contributed by atoms with Gasteiger partial charge in [0.25, 0.3) is 0 Å². The summed E-state index contributed by atoms with van der Waals surface area (Å²) in [6.45, 7) is 4.03. The van der Waals surface area contributed by atoms with E-state index in [-0.39, 0.29) is 28.7 Å². The van der Waals surface area contributed by atoms with Gasteiger partial charge in [-0.25, -0.2) is 0 Å². The predicted molar refractivity (Wildman–Crippen MR) is 108 cm³/mol. The van der Waals surface area contributed by atoms with Gasteiger partial charge in [0.15, 0.2) is 5.96 Å². The van der Waals surface area contributed by atoms with Crippen molar-refractivity contribution in [3.63, 3.8) is 0 Å². The molecule has 128 valence electrons. The maximum absolute atomic E-state index is 6.19. The Morgan fingerprint density at radius 3 is 2.48 bits per heavy atom. The number of ether oxygens (including phenoxy) is 1. The lowest BCUT2D eigenvalue weighted by molar-refractivity contribution is 0.0674. The van der Waals surface area contributed by atoms with Gasteiger partial charge in [0.1, 0.15) is 0 Å². The summed E-state index contributed by atoms with van der Waals surface area (Å²) in [5.41, 5.74) is 6.19. The molecule has 0 aromatic heterocycles. The highest BCUT2D eigenvalue weighted by atomic mass is 127. The van der Waals surface area contributed by atoms with E-state index >= 15 is 0 Å². The first-order valence-electron chi connectivity index (χ1n) is 8.14. The molecule has 3 rings (SSSR count). The number of thioether (sulfide) groups is 1. The highest BCUT2D eigenvalue weighted by Gasteiger charge is 2.35. The first kappa shape index (κ1) is 18.9. The van der Waals surface area contributed by atoms with Crippen LogP contribution in [-0.2, 0) is 4.74 Å². The van der Waals surface area contributed by atoms with Crippen LogP contribution in [0.4, 0.5) is 0 Å². The van der Waals surface area contributed by atoms with Crippen molar-refractivity contribution in [1.29, 1.82) is 0 Å². The van der Waals surface area contributed by atoms with E-state index in [2.05, 4.69) is 35.2 Å². The van der Waals surface area contributed by atoms with Crippen LogP contribution >= 0.6 is 35.7 Å². The number of hydrogen-bond acceptors (Lipinski definition) is 3. The first-order valence-corrected chi connectivity index (χ1v) is 8.96. The highest BCUT2D eigenvalue weighted by Crippen LogP contribution is 2.45. The van der Waals surface area contributed by atoms with E-state index in [1.807, 2.05) is 11.8 Å². The van der Waals surface area contributed by atoms with Gasteiger partial charge in [-0.1, -0.05) is 31.0 Å². The Bertz CT molecular complexity index is 500. The molecule has 0 atom stereocenters. The molecule has 2 aliphatic rings. The molecule has 1 aromatic rings. The summed E-state index contributed by atoms with van der Waals surface area (Å²) < 4.78 is 5.59. The molecule has 6 heteroatoms. The van der Waals surface area contributed by atoms with Crippen LogP contribution in [0.5, 0.6) is 0 Å². The van der Waals surface area contributed by atoms with E-state index < -0.39 is 0 Å². The summed E-state index contributed by atoms with van der Waals surface area (Å²) in [5, 5.41) is 0. The Hall–Kier alpha value is -0.470. The van der Waals surface area contributed by atoms with E-state index in [1.165, 1.54) is 30.6 Å². The van der Waals surface area contributed by atoms with Crippen molar-refractivity contribution in [2.75, 3.05) is 32.8 Å². The summed E-state index contributed by atoms with van der Waals surface area (Å²) >= 11 is 1.98. The average molecular weight is 447 g/mol. The van der Waals surface area contributed by atoms with Crippen molar-refractivity contribution in [1.82, 2.24) is 4.90 Å². The second-order valence-corrected chi connectivity index (χ2v) is 7.62. The number of nitrogens with two attached hydrogens (primary N) is 1. The Balaban J connectivity index is 0.00000192. The quantitative estimate of drug-likeness (QED) is 0.437. The summed E-state index contributed by atoms with van der Waals surface area (Å²) in [6.07, 6.45) is 5.05. The average Bonchev–Trinajstić information content (AvgIpc) is 3.03. The van der Waals surface area contributed by atoms with Gasteiger partial charge >= 0.3 is 0 Å². The van der Waals surface area contributed by atoms with Gasteiger partial charge in [-0.15, -0.1) is 35.7 Å². The molecule has 1 saturated carbocycles. The molecular formula is C17H26IN3OS. The molecule has 4 nitrogen and oxygen atoms in total. The fourth-order valence-electron chi connectivity index (χ4n) is 3.17. The molecule has 1 aromatic carbocycles. The van der Waals surface area contributed by atoms with Crippen LogP contribution in [0.1, 0.15) is 25.7 Å². The van der Waals surface area contributed by atoms with Crippen molar-refractivity contribution in [2.24, 2.45) is 10.7 Å². The van der Waals surface area contributed by atoms with Gasteiger partial charge in [-0.3, -0.25) is 4.99 Å². The summed E-state index contributed by atoms with van der Waals surface area (Å²) in [4.78, 5) is 8.22. The number of nitrogens with zero attached hydrogens (tertiary/aromatic N) is 2. The molecule has 2 N–H and O–H groups in total. The molecule has 1 heterocycles. The SMILES string of the molecule is I.NC(=NCC1(Sc2ccccc2)CCCC1)N1CCOCC1. The zero-order valence-corrected chi connectivity index (χ0v) is 16.6. The molecule has 1 aliphatic carbocycles. The van der Waals surface area contributed by atoms with Gasteiger partial charge < -0.3 is 15.4 Å². The molecule has 0 amide bonds. The van der Waals surface area contributed by atoms with Gasteiger partial charge in [0.2, 0.25) is 0 Å². The summed E-state index contributed by atoms with van der Waals surface area (Å²) in [6, 6.07) is 10.7. The van der Waals surface area contributed by atoms with Crippen molar-refractivity contribution in [3.05, 3.63) is 30.3 Å². The Labute approximate surface area is 160 Å². The topological polar surface area (TPSA) is 50.8 Å². The molecule has 1 aliphatic heterocycles. The first-order chi connectivity index (χ1) is 10.8. The van der Waals surface area contributed by atoms with Crippen molar-refractivity contribution < 1.29 is 4.74 Å².